The van der Waals surface area contributed by atoms with Crippen LogP contribution in [-0.4, -0.2) is 25.5 Å². The van der Waals surface area contributed by atoms with Crippen LogP contribution >= 0.6 is 0 Å². The van der Waals surface area contributed by atoms with Crippen molar-refractivity contribution < 1.29 is 14.3 Å². The molecule has 1 aliphatic carbocycles. The molecule has 5 heteroatoms. The van der Waals surface area contributed by atoms with E-state index in [4.69, 9.17) is 5.73 Å². The number of esters is 1. The molecular weight excluding hydrogens is 268 g/mol. The van der Waals surface area contributed by atoms with Crippen LogP contribution in [-0.2, 0) is 16.1 Å². The lowest BCUT2D eigenvalue weighted by Gasteiger charge is -2.40. The molecule has 0 spiro atoms. The third-order valence-corrected chi connectivity index (χ3v) is 4.25. The van der Waals surface area contributed by atoms with Crippen LogP contribution in [0.3, 0.4) is 0 Å². The van der Waals surface area contributed by atoms with Crippen LogP contribution < -0.4 is 11.1 Å². The Kier molecular flexibility index (Phi) is 4.96. The van der Waals surface area contributed by atoms with Gasteiger partial charge in [-0.2, -0.15) is 0 Å². The molecule has 2 rings (SSSR count). The number of ether oxygens (including phenoxy) is 1. The molecule has 0 unspecified atom stereocenters. The lowest BCUT2D eigenvalue weighted by Crippen LogP contribution is -2.41. The summed E-state index contributed by atoms with van der Waals surface area (Å²) in [6.07, 6.45) is 3.76. The Morgan fingerprint density at radius 2 is 1.95 bits per heavy atom. The quantitative estimate of drug-likeness (QED) is 0.780. The molecular formula is C16H22N2O3. The van der Waals surface area contributed by atoms with Gasteiger partial charge in [-0.3, -0.25) is 4.79 Å². The fourth-order valence-corrected chi connectivity index (χ4v) is 2.61. The van der Waals surface area contributed by atoms with Gasteiger partial charge >= 0.3 is 5.97 Å². The lowest BCUT2D eigenvalue weighted by molar-refractivity contribution is -0.124. The second-order valence-corrected chi connectivity index (χ2v) is 5.70. The molecule has 0 aliphatic heterocycles. The lowest BCUT2D eigenvalue weighted by atomic mass is 9.66. The van der Waals surface area contributed by atoms with Crippen molar-refractivity contribution >= 4 is 11.9 Å². The SMILES string of the molecule is COC(=O)c1ccc(CNC(=O)CC2(CN)CCC2)cc1. The van der Waals surface area contributed by atoms with E-state index >= 15 is 0 Å². The van der Waals surface area contributed by atoms with E-state index in [1.54, 1.807) is 12.1 Å². The number of carbonyl (C=O) groups excluding carboxylic acids is 2. The van der Waals surface area contributed by atoms with Crippen LogP contribution in [0.15, 0.2) is 24.3 Å². The maximum absolute atomic E-state index is 12.0. The van der Waals surface area contributed by atoms with Crippen LogP contribution in [0.2, 0.25) is 0 Å². The highest BCUT2D eigenvalue weighted by Crippen LogP contribution is 2.42. The molecule has 114 valence electrons. The fourth-order valence-electron chi connectivity index (χ4n) is 2.61. The van der Waals surface area contributed by atoms with Crippen molar-refractivity contribution in [3.05, 3.63) is 35.4 Å². The highest BCUT2D eigenvalue weighted by molar-refractivity contribution is 5.89. The molecule has 0 aromatic heterocycles. The zero-order chi connectivity index (χ0) is 15.3. The van der Waals surface area contributed by atoms with Gasteiger partial charge < -0.3 is 15.8 Å². The van der Waals surface area contributed by atoms with Crippen LogP contribution in [0, 0.1) is 5.41 Å². The average molecular weight is 290 g/mol. The minimum atomic E-state index is -0.361. The Balaban J connectivity index is 1.82. The van der Waals surface area contributed by atoms with Crippen molar-refractivity contribution in [2.75, 3.05) is 13.7 Å². The van der Waals surface area contributed by atoms with Gasteiger partial charge in [0.15, 0.2) is 0 Å². The number of nitrogens with one attached hydrogen (secondary N) is 1. The number of carbonyl (C=O) groups is 2. The van der Waals surface area contributed by atoms with Gasteiger partial charge in [-0.25, -0.2) is 4.79 Å². The van der Waals surface area contributed by atoms with Crippen molar-refractivity contribution in [2.45, 2.75) is 32.2 Å². The number of methoxy groups -OCH3 is 1. The van der Waals surface area contributed by atoms with Gasteiger partial charge in [0, 0.05) is 13.0 Å². The smallest absolute Gasteiger partial charge is 0.337 e. The second-order valence-electron chi connectivity index (χ2n) is 5.70. The van der Waals surface area contributed by atoms with Crippen molar-refractivity contribution in [3.63, 3.8) is 0 Å². The van der Waals surface area contributed by atoms with Crippen molar-refractivity contribution in [1.29, 1.82) is 0 Å². The standard InChI is InChI=1S/C16H22N2O3/c1-21-15(20)13-5-3-12(4-6-13)10-18-14(19)9-16(11-17)7-2-8-16/h3-6H,2,7-11,17H2,1H3,(H,18,19). The van der Waals surface area contributed by atoms with E-state index in [-0.39, 0.29) is 17.3 Å². The highest BCUT2D eigenvalue weighted by atomic mass is 16.5. The third-order valence-electron chi connectivity index (χ3n) is 4.25. The number of hydrogen-bond acceptors (Lipinski definition) is 4. The summed E-state index contributed by atoms with van der Waals surface area (Å²) in [5.74, 6) is -0.322. The first-order valence-corrected chi connectivity index (χ1v) is 7.23. The van der Waals surface area contributed by atoms with Crippen LogP contribution in [0.5, 0.6) is 0 Å². The van der Waals surface area contributed by atoms with Gasteiger partial charge in [-0.15, -0.1) is 0 Å². The molecule has 1 aliphatic rings. The van der Waals surface area contributed by atoms with Crippen molar-refractivity contribution in [3.8, 4) is 0 Å². The summed E-state index contributed by atoms with van der Waals surface area (Å²) in [4.78, 5) is 23.3. The van der Waals surface area contributed by atoms with E-state index in [1.807, 2.05) is 12.1 Å². The number of benzene rings is 1. The molecule has 0 atom stereocenters. The predicted octanol–water partition coefficient (Wildman–Crippen LogP) is 1.61. The third kappa shape index (κ3) is 3.82. The van der Waals surface area contributed by atoms with Crippen LogP contribution in [0.25, 0.3) is 0 Å². The Bertz CT molecular complexity index is 501. The minimum Gasteiger partial charge on any atom is -0.465 e. The molecule has 1 aromatic rings. The first-order valence-electron chi connectivity index (χ1n) is 7.23. The number of nitrogens with two attached hydrogens (primary N) is 1. The molecule has 5 nitrogen and oxygen atoms in total. The van der Waals surface area contributed by atoms with Gasteiger partial charge in [0.05, 0.1) is 12.7 Å². The topological polar surface area (TPSA) is 81.4 Å². The zero-order valence-electron chi connectivity index (χ0n) is 12.4. The summed E-state index contributed by atoms with van der Waals surface area (Å²) in [6, 6.07) is 7.02. The van der Waals surface area contributed by atoms with Gasteiger partial charge in [0.2, 0.25) is 5.91 Å². The maximum Gasteiger partial charge on any atom is 0.337 e. The maximum atomic E-state index is 12.0. The zero-order valence-corrected chi connectivity index (χ0v) is 12.4. The number of rotatable bonds is 6. The average Bonchev–Trinajstić information content (AvgIpc) is 2.48. The molecule has 3 N–H and O–H groups in total. The molecule has 1 saturated carbocycles. The summed E-state index contributed by atoms with van der Waals surface area (Å²) >= 11 is 0. The van der Waals surface area contributed by atoms with E-state index in [0.717, 1.165) is 18.4 Å². The van der Waals surface area contributed by atoms with E-state index in [0.29, 0.717) is 25.1 Å². The minimum absolute atomic E-state index is 0.0266. The van der Waals surface area contributed by atoms with Crippen molar-refractivity contribution in [2.24, 2.45) is 11.1 Å². The molecule has 0 saturated heterocycles. The Morgan fingerprint density at radius 1 is 1.29 bits per heavy atom. The summed E-state index contributed by atoms with van der Waals surface area (Å²) in [7, 11) is 1.35. The summed E-state index contributed by atoms with van der Waals surface area (Å²) in [5, 5.41) is 2.91. The first kappa shape index (κ1) is 15.5. The van der Waals surface area contributed by atoms with Gasteiger partial charge in [-0.1, -0.05) is 18.6 Å². The van der Waals surface area contributed by atoms with E-state index in [2.05, 4.69) is 10.1 Å². The monoisotopic (exact) mass is 290 g/mol. The molecule has 0 bridgehead atoms. The Morgan fingerprint density at radius 3 is 2.43 bits per heavy atom. The summed E-state index contributed by atoms with van der Waals surface area (Å²) in [6.45, 7) is 1.04. The molecule has 1 aromatic carbocycles. The number of amides is 1. The first-order chi connectivity index (χ1) is 10.1. The van der Waals surface area contributed by atoms with E-state index < -0.39 is 0 Å². The number of hydrogen-bond donors (Lipinski definition) is 2. The summed E-state index contributed by atoms with van der Waals surface area (Å²) < 4.78 is 4.64. The summed E-state index contributed by atoms with van der Waals surface area (Å²) in [5.41, 5.74) is 7.24. The van der Waals surface area contributed by atoms with Crippen molar-refractivity contribution in [1.82, 2.24) is 5.32 Å². The fraction of sp³-hybridized carbons (Fsp3) is 0.500. The van der Waals surface area contributed by atoms with Crippen LogP contribution in [0.1, 0.15) is 41.6 Å². The molecule has 0 heterocycles. The normalized spacial score (nSPS) is 15.9. The highest BCUT2D eigenvalue weighted by Gasteiger charge is 2.37. The second kappa shape index (κ2) is 6.72. The van der Waals surface area contributed by atoms with Crippen LogP contribution in [0.4, 0.5) is 0 Å². The van der Waals surface area contributed by atoms with E-state index in [9.17, 15) is 9.59 Å². The Labute approximate surface area is 124 Å². The van der Waals surface area contributed by atoms with Gasteiger partial charge in [0.1, 0.15) is 0 Å². The van der Waals surface area contributed by atoms with E-state index in [1.165, 1.54) is 13.5 Å². The van der Waals surface area contributed by atoms with Gasteiger partial charge in [-0.05, 0) is 42.5 Å². The predicted molar refractivity (Wildman–Crippen MR) is 79.6 cm³/mol. The van der Waals surface area contributed by atoms with Gasteiger partial charge in [0.25, 0.3) is 0 Å². The largest absolute Gasteiger partial charge is 0.465 e. The Hall–Kier alpha value is -1.88. The molecule has 1 amide bonds. The molecule has 1 fully saturated rings. The molecule has 21 heavy (non-hydrogen) atoms. The molecule has 0 radical (unpaired) electrons.